The summed E-state index contributed by atoms with van der Waals surface area (Å²) in [7, 11) is 0. The van der Waals surface area contributed by atoms with Gasteiger partial charge in [0.2, 0.25) is 5.91 Å². The zero-order chi connectivity index (χ0) is 21.1. The van der Waals surface area contributed by atoms with Crippen molar-refractivity contribution in [3.05, 3.63) is 89.8 Å². The molecule has 6 nitrogen and oxygen atoms in total. The SMILES string of the molecule is N#Cc1ccc2nc(-c3ccc(NC(=O)/C=C/c4ccc(F)cc4)cc3)n(O)c2c1. The second-order valence-corrected chi connectivity index (χ2v) is 6.51. The summed E-state index contributed by atoms with van der Waals surface area (Å²) < 4.78 is 13.8. The lowest BCUT2D eigenvalue weighted by Crippen LogP contribution is -2.07. The van der Waals surface area contributed by atoms with Gasteiger partial charge in [0, 0.05) is 17.3 Å². The van der Waals surface area contributed by atoms with Gasteiger partial charge >= 0.3 is 0 Å². The van der Waals surface area contributed by atoms with Crippen LogP contribution in [0.4, 0.5) is 10.1 Å². The first-order valence-corrected chi connectivity index (χ1v) is 9.00. The Balaban J connectivity index is 1.50. The summed E-state index contributed by atoms with van der Waals surface area (Å²) in [6, 6.07) is 19.5. The number of halogens is 1. The van der Waals surface area contributed by atoms with Crippen molar-refractivity contribution in [3.8, 4) is 17.5 Å². The molecule has 0 bridgehead atoms. The molecule has 0 atom stereocenters. The number of hydrogen-bond donors (Lipinski definition) is 2. The van der Waals surface area contributed by atoms with Gasteiger partial charge in [0.1, 0.15) is 11.3 Å². The fourth-order valence-corrected chi connectivity index (χ4v) is 2.95. The van der Waals surface area contributed by atoms with Gasteiger partial charge in [-0.05, 0) is 66.2 Å². The summed E-state index contributed by atoms with van der Waals surface area (Å²) in [6.45, 7) is 0. The Morgan fingerprint density at radius 2 is 1.83 bits per heavy atom. The molecular formula is C23H15FN4O2. The average Bonchev–Trinajstić information content (AvgIpc) is 3.09. The molecule has 146 valence electrons. The topological polar surface area (TPSA) is 90.9 Å². The lowest BCUT2D eigenvalue weighted by atomic mass is 10.2. The maximum absolute atomic E-state index is 12.9. The zero-order valence-electron chi connectivity index (χ0n) is 15.6. The van der Waals surface area contributed by atoms with E-state index in [0.717, 1.165) is 4.73 Å². The monoisotopic (exact) mass is 398 g/mol. The van der Waals surface area contributed by atoms with E-state index in [-0.39, 0.29) is 11.7 Å². The van der Waals surface area contributed by atoms with Crippen LogP contribution in [0.5, 0.6) is 0 Å². The minimum Gasteiger partial charge on any atom is -0.426 e. The Morgan fingerprint density at radius 1 is 1.10 bits per heavy atom. The molecule has 0 saturated heterocycles. The quantitative estimate of drug-likeness (QED) is 0.388. The molecule has 0 spiro atoms. The lowest BCUT2D eigenvalue weighted by molar-refractivity contribution is -0.111. The largest absolute Gasteiger partial charge is 0.426 e. The van der Waals surface area contributed by atoms with Crippen molar-refractivity contribution >= 4 is 28.7 Å². The number of aromatic nitrogens is 2. The number of imidazole rings is 1. The number of carbonyl (C=O) groups excluding carboxylic acids is 1. The van der Waals surface area contributed by atoms with E-state index in [9.17, 15) is 14.4 Å². The number of nitrogens with zero attached hydrogens (tertiary/aromatic N) is 3. The number of hydrogen-bond acceptors (Lipinski definition) is 4. The first-order valence-electron chi connectivity index (χ1n) is 9.00. The molecule has 4 aromatic rings. The maximum atomic E-state index is 12.9. The minimum absolute atomic E-state index is 0.328. The van der Waals surface area contributed by atoms with Crippen molar-refractivity contribution < 1.29 is 14.4 Å². The third kappa shape index (κ3) is 3.88. The molecule has 0 saturated carbocycles. The van der Waals surface area contributed by atoms with E-state index in [2.05, 4.69) is 10.3 Å². The standard InChI is InChI=1S/C23H15FN4O2/c24-18-7-1-15(2-8-18)4-12-22(29)26-19-9-5-17(6-10-19)23-27-20-11-3-16(14-25)13-21(20)28(23)30/h1-13,30H,(H,26,29)/b12-4+. The summed E-state index contributed by atoms with van der Waals surface area (Å²) >= 11 is 0. The summed E-state index contributed by atoms with van der Waals surface area (Å²) in [5, 5.41) is 22.2. The molecule has 0 unspecified atom stereocenters. The highest BCUT2D eigenvalue weighted by molar-refractivity contribution is 6.02. The maximum Gasteiger partial charge on any atom is 0.248 e. The molecule has 0 aliphatic rings. The first-order chi connectivity index (χ1) is 14.5. The Labute approximate surface area is 171 Å². The molecule has 1 amide bonds. The molecule has 1 aromatic heterocycles. The van der Waals surface area contributed by atoms with Crippen LogP contribution in [0.1, 0.15) is 11.1 Å². The van der Waals surface area contributed by atoms with Gasteiger partial charge in [-0.1, -0.05) is 12.1 Å². The Morgan fingerprint density at radius 3 is 2.53 bits per heavy atom. The van der Waals surface area contributed by atoms with E-state index in [1.54, 1.807) is 60.7 Å². The Kier molecular flexibility index (Phi) is 4.97. The third-order valence-electron chi connectivity index (χ3n) is 4.47. The predicted octanol–water partition coefficient (Wildman–Crippen LogP) is 4.60. The van der Waals surface area contributed by atoms with Crippen molar-refractivity contribution in [2.24, 2.45) is 0 Å². The number of anilines is 1. The van der Waals surface area contributed by atoms with Crippen molar-refractivity contribution in [2.75, 3.05) is 5.32 Å². The highest BCUT2D eigenvalue weighted by atomic mass is 19.1. The molecule has 0 radical (unpaired) electrons. The first kappa shape index (κ1) is 18.9. The number of nitriles is 1. The fourth-order valence-electron chi connectivity index (χ4n) is 2.95. The van der Waals surface area contributed by atoms with Gasteiger partial charge < -0.3 is 10.5 Å². The average molecular weight is 398 g/mol. The van der Waals surface area contributed by atoms with E-state index in [0.29, 0.717) is 39.2 Å². The van der Waals surface area contributed by atoms with Crippen molar-refractivity contribution in [1.82, 2.24) is 9.71 Å². The highest BCUT2D eigenvalue weighted by Crippen LogP contribution is 2.25. The van der Waals surface area contributed by atoms with Crippen molar-refractivity contribution in [1.29, 1.82) is 5.26 Å². The van der Waals surface area contributed by atoms with E-state index in [4.69, 9.17) is 5.26 Å². The van der Waals surface area contributed by atoms with Gasteiger partial charge in [-0.3, -0.25) is 4.79 Å². The number of amides is 1. The molecule has 7 heteroatoms. The van der Waals surface area contributed by atoms with E-state index in [1.807, 2.05) is 6.07 Å². The van der Waals surface area contributed by atoms with Crippen LogP contribution < -0.4 is 5.32 Å². The van der Waals surface area contributed by atoms with E-state index < -0.39 is 0 Å². The molecular weight excluding hydrogens is 383 g/mol. The number of fused-ring (bicyclic) bond motifs is 1. The normalized spacial score (nSPS) is 10.9. The molecule has 0 fully saturated rings. The van der Waals surface area contributed by atoms with Crippen molar-refractivity contribution in [2.45, 2.75) is 0 Å². The molecule has 1 heterocycles. The van der Waals surface area contributed by atoms with Crippen LogP contribution in [0.15, 0.2) is 72.8 Å². The summed E-state index contributed by atoms with van der Waals surface area (Å²) in [4.78, 5) is 16.5. The second kappa shape index (κ2) is 7.89. The minimum atomic E-state index is -0.335. The van der Waals surface area contributed by atoms with Gasteiger partial charge in [-0.25, -0.2) is 9.37 Å². The van der Waals surface area contributed by atoms with Crippen LogP contribution in [-0.4, -0.2) is 20.8 Å². The van der Waals surface area contributed by atoms with Crippen LogP contribution >= 0.6 is 0 Å². The molecule has 0 aliphatic carbocycles. The van der Waals surface area contributed by atoms with Gasteiger partial charge in [0.15, 0.2) is 5.82 Å². The van der Waals surface area contributed by atoms with Gasteiger partial charge in [0.25, 0.3) is 0 Å². The predicted molar refractivity (Wildman–Crippen MR) is 111 cm³/mol. The van der Waals surface area contributed by atoms with Gasteiger partial charge in [0.05, 0.1) is 17.1 Å². The van der Waals surface area contributed by atoms with E-state index in [1.165, 1.54) is 18.2 Å². The Bertz CT molecular complexity index is 1300. The highest BCUT2D eigenvalue weighted by Gasteiger charge is 2.12. The number of benzene rings is 3. The lowest BCUT2D eigenvalue weighted by Gasteiger charge is -2.05. The van der Waals surface area contributed by atoms with Crippen molar-refractivity contribution in [3.63, 3.8) is 0 Å². The van der Waals surface area contributed by atoms with Crippen LogP contribution in [0.3, 0.4) is 0 Å². The third-order valence-corrected chi connectivity index (χ3v) is 4.47. The van der Waals surface area contributed by atoms with E-state index >= 15 is 0 Å². The fraction of sp³-hybridized carbons (Fsp3) is 0. The molecule has 30 heavy (non-hydrogen) atoms. The smallest absolute Gasteiger partial charge is 0.248 e. The molecule has 4 rings (SSSR count). The molecule has 2 N–H and O–H groups in total. The molecule has 3 aromatic carbocycles. The van der Waals surface area contributed by atoms with Crippen LogP contribution in [0.25, 0.3) is 28.5 Å². The number of rotatable bonds is 4. The van der Waals surface area contributed by atoms with Gasteiger partial charge in [-0.2, -0.15) is 9.99 Å². The number of carbonyl (C=O) groups is 1. The molecule has 0 aliphatic heterocycles. The zero-order valence-corrected chi connectivity index (χ0v) is 15.6. The van der Waals surface area contributed by atoms with Crippen LogP contribution in [-0.2, 0) is 4.79 Å². The summed E-state index contributed by atoms with van der Waals surface area (Å²) in [5.41, 5.74) is 3.36. The summed E-state index contributed by atoms with van der Waals surface area (Å²) in [5.74, 6) is -0.335. The van der Waals surface area contributed by atoms with Crippen LogP contribution in [0, 0.1) is 17.1 Å². The summed E-state index contributed by atoms with van der Waals surface area (Å²) in [6.07, 6.45) is 2.95. The second-order valence-electron chi connectivity index (χ2n) is 6.51. The van der Waals surface area contributed by atoms with Crippen LogP contribution in [0.2, 0.25) is 0 Å². The van der Waals surface area contributed by atoms with Gasteiger partial charge in [-0.15, -0.1) is 0 Å². The Hall–Kier alpha value is -4.44. The number of nitrogens with one attached hydrogen (secondary N) is 1.